The average Bonchev–Trinajstić information content (AvgIpc) is 2.02. The highest BCUT2D eigenvalue weighted by atomic mass is 32.2. The molecule has 5 heteroatoms. The van der Waals surface area contributed by atoms with Crippen LogP contribution in [0.5, 0.6) is 0 Å². The third-order valence-corrected chi connectivity index (χ3v) is 2.62. The highest BCUT2D eigenvalue weighted by Gasteiger charge is 2.28. The van der Waals surface area contributed by atoms with Crippen LogP contribution in [0, 0.1) is 0 Å². The fourth-order valence-corrected chi connectivity index (χ4v) is 1.60. The molecule has 2 N–H and O–H groups in total. The number of hydrogen-bond donors (Lipinski definition) is 2. The van der Waals surface area contributed by atoms with Gasteiger partial charge in [0.1, 0.15) is 4.87 Å². The van der Waals surface area contributed by atoms with Crippen molar-refractivity contribution in [1.82, 2.24) is 5.32 Å². The fourth-order valence-electron chi connectivity index (χ4n) is 0.761. The Morgan fingerprint density at radius 2 is 2.00 bits per heavy atom. The van der Waals surface area contributed by atoms with Gasteiger partial charge in [0.15, 0.2) is 0 Å². The van der Waals surface area contributed by atoms with Crippen LogP contribution >= 0.6 is 11.8 Å². The monoisotopic (exact) mass is 217 g/mol. The number of hydrogen-bond acceptors (Lipinski definition) is 4. The molecule has 4 nitrogen and oxygen atoms in total. The van der Waals surface area contributed by atoms with Crippen molar-refractivity contribution in [1.29, 1.82) is 0 Å². The lowest BCUT2D eigenvalue weighted by Gasteiger charge is -2.26. The topological polar surface area (TPSA) is 66.4 Å². The Morgan fingerprint density at radius 3 is 2.29 bits per heavy atom. The number of amides is 1. The maximum atomic E-state index is 11.3. The lowest BCUT2D eigenvalue weighted by Crippen LogP contribution is -2.46. The van der Waals surface area contributed by atoms with Gasteiger partial charge in [0.05, 0.1) is 6.61 Å². The summed E-state index contributed by atoms with van der Waals surface area (Å²) in [5, 5.41) is 11.3. The van der Waals surface area contributed by atoms with Gasteiger partial charge in [-0.25, -0.2) is 0 Å². The standard InChI is InChI=1S/C9H15NO3S/c1-6(2)8(13)14-9(4,5-11)10-7(3)12/h11H,1,5H2,2-4H3,(H,10,12). The maximum Gasteiger partial charge on any atom is 0.218 e. The molecule has 0 aliphatic carbocycles. The SMILES string of the molecule is C=C(C)C(=O)SC(C)(CO)NC(C)=O. The number of carbonyl (C=O) groups is 2. The van der Waals surface area contributed by atoms with Gasteiger partial charge in [0, 0.05) is 6.92 Å². The average molecular weight is 217 g/mol. The van der Waals surface area contributed by atoms with Crippen molar-refractivity contribution in [3.8, 4) is 0 Å². The molecule has 14 heavy (non-hydrogen) atoms. The van der Waals surface area contributed by atoms with Crippen LogP contribution < -0.4 is 5.32 Å². The molecule has 0 saturated carbocycles. The first-order valence-electron chi connectivity index (χ1n) is 4.09. The molecule has 0 heterocycles. The molecule has 0 fully saturated rings. The summed E-state index contributed by atoms with van der Waals surface area (Å²) >= 11 is 0.863. The summed E-state index contributed by atoms with van der Waals surface area (Å²) in [7, 11) is 0. The van der Waals surface area contributed by atoms with Gasteiger partial charge in [-0.2, -0.15) is 0 Å². The van der Waals surface area contributed by atoms with E-state index in [4.69, 9.17) is 5.11 Å². The lowest BCUT2D eigenvalue weighted by molar-refractivity contribution is -0.120. The molecule has 0 saturated heterocycles. The molecule has 0 bridgehead atoms. The van der Waals surface area contributed by atoms with Gasteiger partial charge in [-0.3, -0.25) is 9.59 Å². The minimum Gasteiger partial charge on any atom is -0.393 e. The predicted molar refractivity (Wildman–Crippen MR) is 56.7 cm³/mol. The van der Waals surface area contributed by atoms with Crippen LogP contribution in [-0.4, -0.2) is 27.6 Å². The van der Waals surface area contributed by atoms with Gasteiger partial charge in [0.2, 0.25) is 11.0 Å². The van der Waals surface area contributed by atoms with Crippen LogP contribution in [0.3, 0.4) is 0 Å². The summed E-state index contributed by atoms with van der Waals surface area (Å²) in [6, 6.07) is 0. The number of rotatable bonds is 4. The molecule has 80 valence electrons. The fraction of sp³-hybridized carbons (Fsp3) is 0.556. The van der Waals surface area contributed by atoms with Crippen LogP contribution in [0.1, 0.15) is 20.8 Å². The van der Waals surface area contributed by atoms with Gasteiger partial charge >= 0.3 is 0 Å². The Labute approximate surface area is 87.8 Å². The molecule has 0 radical (unpaired) electrons. The molecule has 0 rings (SSSR count). The van der Waals surface area contributed by atoms with Crippen LogP contribution in [0.25, 0.3) is 0 Å². The van der Waals surface area contributed by atoms with Crippen LogP contribution in [-0.2, 0) is 9.59 Å². The van der Waals surface area contributed by atoms with Gasteiger partial charge in [-0.15, -0.1) is 0 Å². The summed E-state index contributed by atoms with van der Waals surface area (Å²) in [6.45, 7) is 7.68. The van der Waals surface area contributed by atoms with Crippen molar-refractivity contribution >= 4 is 22.8 Å². The molecule has 0 aliphatic rings. The minimum atomic E-state index is -0.970. The van der Waals surface area contributed by atoms with E-state index in [2.05, 4.69) is 11.9 Å². The van der Waals surface area contributed by atoms with Gasteiger partial charge in [-0.05, 0) is 19.4 Å². The largest absolute Gasteiger partial charge is 0.393 e. The number of thioether (sulfide) groups is 1. The first-order valence-corrected chi connectivity index (χ1v) is 4.91. The highest BCUT2D eigenvalue weighted by Crippen LogP contribution is 2.24. The number of nitrogens with one attached hydrogen (secondary N) is 1. The predicted octanol–water partition coefficient (Wildman–Crippen LogP) is 0.667. The second kappa shape index (κ2) is 5.17. The first-order chi connectivity index (χ1) is 6.30. The van der Waals surface area contributed by atoms with Crippen LogP contribution in [0.4, 0.5) is 0 Å². The van der Waals surface area contributed by atoms with E-state index in [-0.39, 0.29) is 17.6 Å². The molecule has 0 aromatic carbocycles. The molecule has 0 aromatic rings. The van der Waals surface area contributed by atoms with E-state index in [0.29, 0.717) is 5.57 Å². The van der Waals surface area contributed by atoms with E-state index in [1.165, 1.54) is 6.92 Å². The molecule has 0 spiro atoms. The Morgan fingerprint density at radius 1 is 1.50 bits per heavy atom. The summed E-state index contributed by atoms with van der Waals surface area (Å²) in [4.78, 5) is 21.1. The van der Waals surface area contributed by atoms with E-state index in [1.807, 2.05) is 0 Å². The molecule has 0 aliphatic heterocycles. The van der Waals surface area contributed by atoms with E-state index in [1.54, 1.807) is 13.8 Å². The van der Waals surface area contributed by atoms with Crippen molar-refractivity contribution in [2.75, 3.05) is 6.61 Å². The van der Waals surface area contributed by atoms with E-state index in [0.717, 1.165) is 11.8 Å². The maximum absolute atomic E-state index is 11.3. The summed E-state index contributed by atoms with van der Waals surface area (Å²) in [5.41, 5.74) is 0.389. The van der Waals surface area contributed by atoms with Crippen LogP contribution in [0.2, 0.25) is 0 Å². The zero-order valence-electron chi connectivity index (χ0n) is 8.59. The molecule has 1 atom stereocenters. The summed E-state index contributed by atoms with van der Waals surface area (Å²) < 4.78 is 0. The normalized spacial score (nSPS) is 14.3. The number of aliphatic hydroxyl groups is 1. The van der Waals surface area contributed by atoms with Gasteiger partial charge < -0.3 is 10.4 Å². The first kappa shape index (κ1) is 13.2. The Bertz CT molecular complexity index is 265. The Hall–Kier alpha value is -0.810. The van der Waals surface area contributed by atoms with E-state index >= 15 is 0 Å². The zero-order chi connectivity index (χ0) is 11.4. The lowest BCUT2D eigenvalue weighted by atomic mass is 10.3. The molecular formula is C9H15NO3S. The third-order valence-electron chi connectivity index (χ3n) is 1.41. The van der Waals surface area contributed by atoms with Crippen molar-refractivity contribution < 1.29 is 14.7 Å². The summed E-state index contributed by atoms with van der Waals surface area (Å²) in [5.74, 6) is -0.288. The van der Waals surface area contributed by atoms with E-state index in [9.17, 15) is 9.59 Å². The van der Waals surface area contributed by atoms with Gasteiger partial charge in [0.25, 0.3) is 0 Å². The minimum absolute atomic E-state index is 0.240. The van der Waals surface area contributed by atoms with E-state index < -0.39 is 4.87 Å². The number of aliphatic hydroxyl groups excluding tert-OH is 1. The molecule has 1 unspecified atom stereocenters. The van der Waals surface area contributed by atoms with Crippen molar-refractivity contribution in [3.05, 3.63) is 12.2 Å². The highest BCUT2D eigenvalue weighted by molar-refractivity contribution is 8.15. The molecule has 1 amide bonds. The van der Waals surface area contributed by atoms with Crippen LogP contribution in [0.15, 0.2) is 12.2 Å². The van der Waals surface area contributed by atoms with Gasteiger partial charge in [-0.1, -0.05) is 18.3 Å². The van der Waals surface area contributed by atoms with Crippen molar-refractivity contribution in [2.45, 2.75) is 25.6 Å². The zero-order valence-corrected chi connectivity index (χ0v) is 9.40. The third kappa shape index (κ3) is 4.43. The van der Waals surface area contributed by atoms with Crippen molar-refractivity contribution in [3.63, 3.8) is 0 Å². The molecular weight excluding hydrogens is 202 g/mol. The summed E-state index contributed by atoms with van der Waals surface area (Å²) in [6.07, 6.45) is 0. The smallest absolute Gasteiger partial charge is 0.218 e. The second-order valence-electron chi connectivity index (χ2n) is 3.24. The Balaban J connectivity index is 4.47. The number of carbonyl (C=O) groups excluding carboxylic acids is 2. The Kier molecular flexibility index (Phi) is 4.87. The van der Waals surface area contributed by atoms with Crippen molar-refractivity contribution in [2.24, 2.45) is 0 Å². The quantitative estimate of drug-likeness (QED) is 0.536. The molecule has 0 aromatic heterocycles. The second-order valence-corrected chi connectivity index (χ2v) is 4.72.